The molecule has 1 N–H and O–H groups in total. The zero-order valence-electron chi connectivity index (χ0n) is 10.1. The number of aromatic nitrogens is 2. The second kappa shape index (κ2) is 5.17. The summed E-state index contributed by atoms with van der Waals surface area (Å²) in [5, 5.41) is 9.41. The third-order valence-electron chi connectivity index (χ3n) is 2.98. The van der Waals surface area contributed by atoms with Crippen LogP contribution in [0.15, 0.2) is 22.0 Å². The Morgan fingerprint density at radius 3 is 3.28 bits per heavy atom. The molecule has 0 saturated carbocycles. The van der Waals surface area contributed by atoms with Crippen molar-refractivity contribution in [3.8, 4) is 0 Å². The van der Waals surface area contributed by atoms with E-state index in [0.717, 1.165) is 25.4 Å². The highest BCUT2D eigenvalue weighted by atomic mass is 32.1. The molecule has 1 fully saturated rings. The molecule has 2 aromatic heterocycles. The fourth-order valence-electron chi connectivity index (χ4n) is 2.04. The van der Waals surface area contributed by atoms with Crippen LogP contribution in [0.5, 0.6) is 0 Å². The van der Waals surface area contributed by atoms with Crippen LogP contribution in [-0.2, 0) is 11.2 Å². The summed E-state index contributed by atoms with van der Waals surface area (Å²) in [5.41, 5.74) is 0. The number of nitrogens with one attached hydrogen (secondary N) is 1. The summed E-state index contributed by atoms with van der Waals surface area (Å²) >= 11 is 1.70. The number of hydrogen-bond donors (Lipinski definition) is 1. The Balaban J connectivity index is 1.72. The molecule has 6 heteroatoms. The summed E-state index contributed by atoms with van der Waals surface area (Å²) in [6.07, 6.45) is 0.789. The minimum Gasteiger partial charge on any atom is -0.375 e. The molecule has 2 aromatic rings. The van der Waals surface area contributed by atoms with Gasteiger partial charge in [-0.3, -0.25) is 0 Å². The molecule has 3 heterocycles. The molecule has 0 bridgehead atoms. The maximum atomic E-state index is 5.57. The van der Waals surface area contributed by atoms with Gasteiger partial charge in [-0.25, -0.2) is 0 Å². The Labute approximate surface area is 109 Å². The molecular formula is C12H15N3O2S. The van der Waals surface area contributed by atoms with Crippen LogP contribution in [0.2, 0.25) is 0 Å². The summed E-state index contributed by atoms with van der Waals surface area (Å²) < 4.78 is 10.9. The number of ether oxygens (including phenoxy) is 1. The van der Waals surface area contributed by atoms with Gasteiger partial charge in [0.1, 0.15) is 6.04 Å². The van der Waals surface area contributed by atoms with Crippen LogP contribution in [0.3, 0.4) is 0 Å². The molecule has 1 aliphatic heterocycles. The largest absolute Gasteiger partial charge is 0.375 e. The van der Waals surface area contributed by atoms with E-state index in [1.54, 1.807) is 11.3 Å². The first kappa shape index (κ1) is 11.8. The number of hydrogen-bond acceptors (Lipinski definition) is 6. The maximum absolute atomic E-state index is 5.57. The van der Waals surface area contributed by atoms with Crippen molar-refractivity contribution in [2.24, 2.45) is 0 Å². The first-order chi connectivity index (χ1) is 8.83. The first-order valence-corrected chi connectivity index (χ1v) is 6.91. The average Bonchev–Trinajstić information content (AvgIpc) is 3.02. The minimum absolute atomic E-state index is 0.00309. The van der Waals surface area contributed by atoms with Crippen LogP contribution in [-0.4, -0.2) is 29.4 Å². The number of thiophene rings is 1. The second-order valence-electron chi connectivity index (χ2n) is 4.31. The Hall–Kier alpha value is -1.24. The second-order valence-corrected chi connectivity index (χ2v) is 5.34. The summed E-state index contributed by atoms with van der Waals surface area (Å²) in [6, 6.07) is 4.11. The average molecular weight is 265 g/mol. The molecule has 0 amide bonds. The van der Waals surface area contributed by atoms with Crippen molar-refractivity contribution in [2.75, 3.05) is 13.2 Å². The van der Waals surface area contributed by atoms with Gasteiger partial charge in [0.15, 0.2) is 5.82 Å². The Morgan fingerprint density at radius 2 is 2.50 bits per heavy atom. The summed E-state index contributed by atoms with van der Waals surface area (Å²) in [5.74, 6) is 1.35. The fourth-order valence-corrected chi connectivity index (χ4v) is 2.75. The minimum atomic E-state index is 0.00309. The lowest BCUT2D eigenvalue weighted by Gasteiger charge is -2.27. The summed E-state index contributed by atoms with van der Waals surface area (Å²) in [7, 11) is 0. The SMILES string of the molecule is C[C@H]1OCCN[C@@H]1c1nc(Cc2cccs2)no1. The molecule has 96 valence electrons. The highest BCUT2D eigenvalue weighted by Crippen LogP contribution is 2.21. The Bertz CT molecular complexity index is 497. The number of morpholine rings is 1. The molecule has 5 nitrogen and oxygen atoms in total. The predicted molar refractivity (Wildman–Crippen MR) is 67.6 cm³/mol. The molecule has 0 radical (unpaired) electrons. The topological polar surface area (TPSA) is 60.2 Å². The van der Waals surface area contributed by atoms with Gasteiger partial charge in [0, 0.05) is 17.8 Å². The van der Waals surface area contributed by atoms with E-state index in [1.807, 2.05) is 13.0 Å². The van der Waals surface area contributed by atoms with Gasteiger partial charge in [-0.1, -0.05) is 11.2 Å². The van der Waals surface area contributed by atoms with Gasteiger partial charge in [-0.15, -0.1) is 11.3 Å². The lowest BCUT2D eigenvalue weighted by atomic mass is 10.1. The lowest BCUT2D eigenvalue weighted by molar-refractivity contribution is -0.00136. The van der Waals surface area contributed by atoms with Crippen molar-refractivity contribution in [1.29, 1.82) is 0 Å². The van der Waals surface area contributed by atoms with Crippen molar-refractivity contribution in [3.05, 3.63) is 34.1 Å². The van der Waals surface area contributed by atoms with Crippen molar-refractivity contribution in [1.82, 2.24) is 15.5 Å². The Morgan fingerprint density at radius 1 is 1.56 bits per heavy atom. The van der Waals surface area contributed by atoms with E-state index in [4.69, 9.17) is 9.26 Å². The van der Waals surface area contributed by atoms with E-state index < -0.39 is 0 Å². The number of nitrogens with zero attached hydrogens (tertiary/aromatic N) is 2. The van der Waals surface area contributed by atoms with Crippen LogP contribution in [0.4, 0.5) is 0 Å². The van der Waals surface area contributed by atoms with E-state index in [0.29, 0.717) is 5.89 Å². The van der Waals surface area contributed by atoms with E-state index >= 15 is 0 Å². The van der Waals surface area contributed by atoms with E-state index in [9.17, 15) is 0 Å². The molecule has 0 spiro atoms. The molecule has 1 saturated heterocycles. The van der Waals surface area contributed by atoms with E-state index in [2.05, 4.69) is 26.9 Å². The van der Waals surface area contributed by atoms with Crippen LogP contribution in [0.1, 0.15) is 29.6 Å². The van der Waals surface area contributed by atoms with Crippen molar-refractivity contribution in [3.63, 3.8) is 0 Å². The van der Waals surface area contributed by atoms with Crippen LogP contribution in [0.25, 0.3) is 0 Å². The van der Waals surface area contributed by atoms with Gasteiger partial charge in [0.25, 0.3) is 0 Å². The molecule has 3 rings (SSSR count). The first-order valence-electron chi connectivity index (χ1n) is 6.03. The third kappa shape index (κ3) is 2.45. The summed E-state index contributed by atoms with van der Waals surface area (Å²) in [6.45, 7) is 3.56. The number of rotatable bonds is 3. The molecule has 2 atom stereocenters. The van der Waals surface area contributed by atoms with Crippen molar-refractivity contribution in [2.45, 2.75) is 25.5 Å². The zero-order valence-corrected chi connectivity index (χ0v) is 10.9. The predicted octanol–water partition coefficient (Wildman–Crippen LogP) is 1.77. The highest BCUT2D eigenvalue weighted by molar-refractivity contribution is 7.09. The van der Waals surface area contributed by atoms with Gasteiger partial charge in [-0.05, 0) is 18.4 Å². The standard InChI is InChI=1S/C12H15N3O2S/c1-8-11(13-4-5-16-8)12-14-10(15-17-12)7-9-3-2-6-18-9/h2-3,6,8,11,13H,4-5,7H2,1H3/t8-,11+/m1/s1. The molecule has 18 heavy (non-hydrogen) atoms. The molecule has 1 aliphatic rings. The van der Waals surface area contributed by atoms with Gasteiger partial charge in [-0.2, -0.15) is 4.98 Å². The molecule has 0 aliphatic carbocycles. The van der Waals surface area contributed by atoms with Gasteiger partial charge in [0.05, 0.1) is 12.7 Å². The third-order valence-corrected chi connectivity index (χ3v) is 3.86. The molecule has 0 unspecified atom stereocenters. The quantitative estimate of drug-likeness (QED) is 0.916. The maximum Gasteiger partial charge on any atom is 0.246 e. The lowest BCUT2D eigenvalue weighted by Crippen LogP contribution is -2.40. The van der Waals surface area contributed by atoms with Crippen LogP contribution >= 0.6 is 11.3 Å². The molecular weight excluding hydrogens is 250 g/mol. The van der Waals surface area contributed by atoms with E-state index in [-0.39, 0.29) is 12.1 Å². The van der Waals surface area contributed by atoms with Crippen molar-refractivity contribution >= 4 is 11.3 Å². The van der Waals surface area contributed by atoms with Crippen LogP contribution < -0.4 is 5.32 Å². The molecule has 0 aromatic carbocycles. The van der Waals surface area contributed by atoms with Gasteiger partial charge < -0.3 is 14.6 Å². The van der Waals surface area contributed by atoms with Gasteiger partial charge in [0.2, 0.25) is 5.89 Å². The van der Waals surface area contributed by atoms with Crippen LogP contribution in [0, 0.1) is 0 Å². The zero-order chi connectivity index (χ0) is 12.4. The Kier molecular flexibility index (Phi) is 3.40. The highest BCUT2D eigenvalue weighted by Gasteiger charge is 2.28. The monoisotopic (exact) mass is 265 g/mol. The smallest absolute Gasteiger partial charge is 0.246 e. The van der Waals surface area contributed by atoms with Crippen molar-refractivity contribution < 1.29 is 9.26 Å². The fraction of sp³-hybridized carbons (Fsp3) is 0.500. The normalized spacial score (nSPS) is 24.3. The summed E-state index contributed by atoms with van der Waals surface area (Å²) in [4.78, 5) is 5.68. The van der Waals surface area contributed by atoms with E-state index in [1.165, 1.54) is 4.88 Å². The van der Waals surface area contributed by atoms with Gasteiger partial charge >= 0.3 is 0 Å².